The molecule has 3 rings (SSSR count). The molecule has 2 aromatic heterocycles. The summed E-state index contributed by atoms with van der Waals surface area (Å²) < 4.78 is 2.06. The quantitative estimate of drug-likeness (QED) is 0.385. The Hall–Kier alpha value is -2.19. The molecule has 29 heavy (non-hydrogen) atoms. The highest BCUT2D eigenvalue weighted by Crippen LogP contribution is 2.24. The van der Waals surface area contributed by atoms with Crippen LogP contribution in [0.25, 0.3) is 11.4 Å². The van der Waals surface area contributed by atoms with E-state index in [1.807, 2.05) is 19.1 Å². The number of carbonyl (C=O) groups is 1. The van der Waals surface area contributed by atoms with Crippen LogP contribution in [0, 0.1) is 13.8 Å². The smallest absolute Gasteiger partial charge is 0.230 e. The van der Waals surface area contributed by atoms with Crippen molar-refractivity contribution < 1.29 is 4.79 Å². The van der Waals surface area contributed by atoms with Crippen LogP contribution in [0.15, 0.2) is 34.8 Å². The Labute approximate surface area is 180 Å². The number of aryl methyl sites for hydroxylation is 3. The van der Waals surface area contributed by atoms with Gasteiger partial charge in [0.05, 0.1) is 10.8 Å². The molecule has 1 aromatic carbocycles. The molecule has 0 spiro atoms. The predicted molar refractivity (Wildman–Crippen MR) is 119 cm³/mol. The normalized spacial score (nSPS) is 11.0. The third-order valence-electron chi connectivity index (χ3n) is 4.45. The van der Waals surface area contributed by atoms with E-state index in [9.17, 15) is 4.79 Å². The van der Waals surface area contributed by atoms with Crippen molar-refractivity contribution in [2.24, 2.45) is 0 Å². The molecule has 0 aliphatic rings. The van der Waals surface area contributed by atoms with Gasteiger partial charge in [0.15, 0.2) is 11.0 Å². The molecule has 0 aliphatic heterocycles. The monoisotopic (exact) mass is 429 g/mol. The van der Waals surface area contributed by atoms with E-state index in [0.717, 1.165) is 48.0 Å². The van der Waals surface area contributed by atoms with Crippen molar-refractivity contribution in [3.63, 3.8) is 0 Å². The summed E-state index contributed by atoms with van der Waals surface area (Å²) in [6, 6.07) is 8.23. The average Bonchev–Trinajstić information content (AvgIpc) is 3.31. The Bertz CT molecular complexity index is 950. The number of aromatic nitrogens is 4. The lowest BCUT2D eigenvalue weighted by atomic mass is 10.1. The number of benzene rings is 1. The molecule has 0 atom stereocenters. The summed E-state index contributed by atoms with van der Waals surface area (Å²) in [6.07, 6.45) is 2.96. The van der Waals surface area contributed by atoms with Crippen LogP contribution in [0.3, 0.4) is 0 Å². The Morgan fingerprint density at radius 2 is 2.10 bits per heavy atom. The van der Waals surface area contributed by atoms with Crippen molar-refractivity contribution in [1.29, 1.82) is 0 Å². The number of unbranched alkanes of at least 4 members (excludes halogenated alkanes) is 1. The van der Waals surface area contributed by atoms with Crippen LogP contribution in [0.2, 0.25) is 0 Å². The molecule has 0 aliphatic carbocycles. The molecule has 154 valence electrons. The van der Waals surface area contributed by atoms with Gasteiger partial charge in [0.1, 0.15) is 0 Å². The van der Waals surface area contributed by atoms with Crippen LogP contribution < -0.4 is 5.32 Å². The molecule has 1 N–H and O–H groups in total. The zero-order valence-corrected chi connectivity index (χ0v) is 18.8. The highest BCUT2D eigenvalue weighted by molar-refractivity contribution is 7.99. The largest absolute Gasteiger partial charge is 0.355 e. The molecule has 8 heteroatoms. The first kappa shape index (κ1) is 21.5. The van der Waals surface area contributed by atoms with Crippen molar-refractivity contribution in [3.8, 4) is 11.4 Å². The molecule has 1 amide bonds. The van der Waals surface area contributed by atoms with Gasteiger partial charge in [0, 0.05) is 29.7 Å². The van der Waals surface area contributed by atoms with Crippen LogP contribution in [0.4, 0.5) is 0 Å². The van der Waals surface area contributed by atoms with E-state index >= 15 is 0 Å². The first-order valence-corrected chi connectivity index (χ1v) is 11.7. The van der Waals surface area contributed by atoms with E-state index in [1.165, 1.54) is 22.3 Å². The van der Waals surface area contributed by atoms with Crippen molar-refractivity contribution in [2.45, 2.75) is 51.7 Å². The maximum absolute atomic E-state index is 12.2. The summed E-state index contributed by atoms with van der Waals surface area (Å²) in [5.41, 5.74) is 3.32. The van der Waals surface area contributed by atoms with Crippen LogP contribution >= 0.6 is 23.1 Å². The second-order valence-corrected chi connectivity index (χ2v) is 8.78. The summed E-state index contributed by atoms with van der Waals surface area (Å²) in [4.78, 5) is 16.6. The summed E-state index contributed by atoms with van der Waals surface area (Å²) in [5, 5.41) is 15.7. The molecular weight excluding hydrogens is 402 g/mol. The number of thiazole rings is 1. The zero-order valence-electron chi connectivity index (χ0n) is 17.1. The first-order valence-electron chi connectivity index (χ1n) is 9.87. The second-order valence-electron chi connectivity index (χ2n) is 6.90. The third kappa shape index (κ3) is 6.14. The van der Waals surface area contributed by atoms with Crippen LogP contribution in [0.1, 0.15) is 36.0 Å². The number of hydrogen-bond acceptors (Lipinski definition) is 6. The summed E-state index contributed by atoms with van der Waals surface area (Å²) in [7, 11) is 0. The second kappa shape index (κ2) is 10.5. The van der Waals surface area contributed by atoms with Gasteiger partial charge in [-0.2, -0.15) is 0 Å². The fourth-order valence-electron chi connectivity index (χ4n) is 3.01. The molecule has 2 heterocycles. The summed E-state index contributed by atoms with van der Waals surface area (Å²) >= 11 is 3.14. The van der Waals surface area contributed by atoms with Gasteiger partial charge >= 0.3 is 0 Å². The van der Waals surface area contributed by atoms with Gasteiger partial charge in [-0.05, 0) is 46.1 Å². The molecule has 0 unspecified atom stereocenters. The Morgan fingerprint density at radius 3 is 2.83 bits per heavy atom. The molecule has 3 aromatic rings. The Morgan fingerprint density at radius 1 is 1.24 bits per heavy atom. The van der Waals surface area contributed by atoms with Crippen molar-refractivity contribution >= 4 is 29.0 Å². The maximum atomic E-state index is 12.2. The third-order valence-corrected chi connectivity index (χ3v) is 6.44. The van der Waals surface area contributed by atoms with Gasteiger partial charge in [-0.3, -0.25) is 4.79 Å². The fourth-order valence-corrected chi connectivity index (χ4v) is 4.66. The van der Waals surface area contributed by atoms with Gasteiger partial charge in [0.25, 0.3) is 0 Å². The van der Waals surface area contributed by atoms with E-state index in [1.54, 1.807) is 11.3 Å². The number of thioether (sulfide) groups is 1. The van der Waals surface area contributed by atoms with E-state index < -0.39 is 0 Å². The number of nitrogens with zero attached hydrogens (tertiary/aromatic N) is 4. The molecule has 0 fully saturated rings. The van der Waals surface area contributed by atoms with Crippen LogP contribution in [-0.4, -0.2) is 38.0 Å². The molecule has 0 bridgehead atoms. The fraction of sp³-hybridized carbons (Fsp3) is 0.429. The van der Waals surface area contributed by atoms with Crippen LogP contribution in [-0.2, 0) is 17.8 Å². The molecule has 6 nitrogen and oxygen atoms in total. The van der Waals surface area contributed by atoms with Gasteiger partial charge in [-0.1, -0.05) is 35.5 Å². The van der Waals surface area contributed by atoms with Crippen molar-refractivity contribution in [3.05, 3.63) is 45.9 Å². The zero-order chi connectivity index (χ0) is 20.6. The number of amides is 1. The number of carbonyl (C=O) groups excluding carboxylic acids is 1. The Balaban J connectivity index is 1.44. The lowest BCUT2D eigenvalue weighted by Crippen LogP contribution is -2.26. The first-order chi connectivity index (χ1) is 14.1. The maximum Gasteiger partial charge on any atom is 0.230 e. The number of hydrogen-bond donors (Lipinski definition) is 1. The van der Waals surface area contributed by atoms with Gasteiger partial charge in [-0.25, -0.2) is 4.98 Å². The minimum Gasteiger partial charge on any atom is -0.355 e. The minimum absolute atomic E-state index is 0.0304. The van der Waals surface area contributed by atoms with Gasteiger partial charge < -0.3 is 9.88 Å². The SMILES string of the molecule is CCn1c(SCC(=O)NCCCCc2nc(C)cs2)nnc1-c1cccc(C)c1. The Kier molecular flexibility index (Phi) is 7.83. The van der Waals surface area contributed by atoms with E-state index in [-0.39, 0.29) is 5.91 Å². The highest BCUT2D eigenvalue weighted by atomic mass is 32.2. The molecule has 0 radical (unpaired) electrons. The standard InChI is InChI=1S/C21H27N5OS2/c1-4-26-20(17-9-7-8-15(2)12-17)24-25-21(26)29-14-18(27)22-11-6-5-10-19-23-16(3)13-28-19/h7-9,12-13H,4-6,10-11,14H2,1-3H3,(H,22,27). The minimum atomic E-state index is 0.0304. The topological polar surface area (TPSA) is 72.7 Å². The van der Waals surface area contributed by atoms with Crippen molar-refractivity contribution in [1.82, 2.24) is 25.1 Å². The molecule has 0 saturated carbocycles. The molecular formula is C21H27N5OS2. The highest BCUT2D eigenvalue weighted by Gasteiger charge is 2.14. The van der Waals surface area contributed by atoms with Crippen LogP contribution in [0.5, 0.6) is 0 Å². The van der Waals surface area contributed by atoms with Gasteiger partial charge in [0.2, 0.25) is 5.91 Å². The number of nitrogens with one attached hydrogen (secondary N) is 1. The molecule has 0 saturated heterocycles. The van der Waals surface area contributed by atoms with E-state index in [4.69, 9.17) is 0 Å². The van der Waals surface area contributed by atoms with Crippen molar-refractivity contribution in [2.75, 3.05) is 12.3 Å². The lowest BCUT2D eigenvalue weighted by Gasteiger charge is -2.08. The number of rotatable bonds is 10. The average molecular weight is 430 g/mol. The summed E-state index contributed by atoms with van der Waals surface area (Å²) in [6.45, 7) is 7.60. The predicted octanol–water partition coefficient (Wildman–Crippen LogP) is 4.27. The summed E-state index contributed by atoms with van der Waals surface area (Å²) in [5.74, 6) is 1.22. The van der Waals surface area contributed by atoms with E-state index in [0.29, 0.717) is 12.3 Å². The van der Waals surface area contributed by atoms with Gasteiger partial charge in [-0.15, -0.1) is 21.5 Å². The van der Waals surface area contributed by atoms with E-state index in [2.05, 4.69) is 56.4 Å². The lowest BCUT2D eigenvalue weighted by molar-refractivity contribution is -0.118.